The van der Waals surface area contributed by atoms with Crippen LogP contribution in [0.5, 0.6) is 0 Å². The molecule has 0 bridgehead atoms. The van der Waals surface area contributed by atoms with E-state index in [1.807, 2.05) is 12.1 Å². The lowest BCUT2D eigenvalue weighted by molar-refractivity contribution is 0.00857. The maximum atomic E-state index is 6.30. The summed E-state index contributed by atoms with van der Waals surface area (Å²) in [7, 11) is 0. The van der Waals surface area contributed by atoms with Gasteiger partial charge in [0, 0.05) is 17.7 Å². The Morgan fingerprint density at radius 2 is 2.21 bits per heavy atom. The predicted molar refractivity (Wildman–Crippen MR) is 80.7 cm³/mol. The van der Waals surface area contributed by atoms with Crippen LogP contribution >= 0.6 is 11.6 Å². The van der Waals surface area contributed by atoms with Gasteiger partial charge in [0.1, 0.15) is 0 Å². The van der Waals surface area contributed by atoms with Gasteiger partial charge in [-0.25, -0.2) is 0 Å². The lowest BCUT2D eigenvalue weighted by Gasteiger charge is -2.26. The standard InChI is InChI=1S/C16H24ClNO/c1-2-18-16(14-8-3-4-9-15(14)17)11-10-13-7-5-6-12-19-13/h3-4,8-9,13,16,18H,2,5-7,10-12H2,1H3. The van der Waals surface area contributed by atoms with Gasteiger partial charge >= 0.3 is 0 Å². The Hall–Kier alpha value is -0.570. The van der Waals surface area contributed by atoms with Crippen LogP contribution in [-0.4, -0.2) is 19.3 Å². The molecule has 2 unspecified atom stereocenters. The second-order valence-corrected chi connectivity index (χ2v) is 5.60. The van der Waals surface area contributed by atoms with Crippen LogP contribution < -0.4 is 5.32 Å². The molecule has 19 heavy (non-hydrogen) atoms. The third-order valence-corrected chi connectivity index (χ3v) is 4.13. The molecule has 1 saturated heterocycles. The van der Waals surface area contributed by atoms with E-state index in [0.29, 0.717) is 12.1 Å². The normalized spacial score (nSPS) is 21.3. The summed E-state index contributed by atoms with van der Waals surface area (Å²) in [5.74, 6) is 0. The molecular formula is C16H24ClNO. The highest BCUT2D eigenvalue weighted by Gasteiger charge is 2.18. The number of nitrogens with one attached hydrogen (secondary N) is 1. The second kappa shape index (κ2) is 7.88. The van der Waals surface area contributed by atoms with Gasteiger partial charge in [-0.15, -0.1) is 0 Å². The number of ether oxygens (including phenoxy) is 1. The Balaban J connectivity index is 1.94. The van der Waals surface area contributed by atoms with E-state index in [9.17, 15) is 0 Å². The molecular weight excluding hydrogens is 258 g/mol. The third kappa shape index (κ3) is 4.48. The van der Waals surface area contributed by atoms with Gasteiger partial charge < -0.3 is 10.1 Å². The van der Waals surface area contributed by atoms with Crippen molar-refractivity contribution in [3.8, 4) is 0 Å². The molecule has 0 aromatic heterocycles. The van der Waals surface area contributed by atoms with E-state index in [1.54, 1.807) is 0 Å². The number of rotatable bonds is 6. The van der Waals surface area contributed by atoms with Crippen molar-refractivity contribution >= 4 is 11.6 Å². The summed E-state index contributed by atoms with van der Waals surface area (Å²) < 4.78 is 5.81. The molecule has 3 heteroatoms. The topological polar surface area (TPSA) is 21.3 Å². The Bertz CT molecular complexity index is 377. The third-order valence-electron chi connectivity index (χ3n) is 3.78. The summed E-state index contributed by atoms with van der Waals surface area (Å²) in [6, 6.07) is 8.47. The fourth-order valence-electron chi connectivity index (χ4n) is 2.76. The van der Waals surface area contributed by atoms with Gasteiger partial charge in [0.2, 0.25) is 0 Å². The molecule has 2 rings (SSSR count). The summed E-state index contributed by atoms with van der Waals surface area (Å²) in [5.41, 5.74) is 1.21. The van der Waals surface area contributed by atoms with E-state index in [-0.39, 0.29) is 0 Å². The van der Waals surface area contributed by atoms with Crippen molar-refractivity contribution in [3.05, 3.63) is 34.9 Å². The molecule has 2 atom stereocenters. The van der Waals surface area contributed by atoms with Crippen LogP contribution in [0, 0.1) is 0 Å². The summed E-state index contributed by atoms with van der Waals surface area (Å²) in [4.78, 5) is 0. The Labute approximate surface area is 121 Å². The van der Waals surface area contributed by atoms with Gasteiger partial charge in [0.05, 0.1) is 6.10 Å². The zero-order valence-corrected chi connectivity index (χ0v) is 12.5. The average Bonchev–Trinajstić information content (AvgIpc) is 2.45. The summed E-state index contributed by atoms with van der Waals surface area (Å²) in [6.07, 6.45) is 6.38. The molecule has 1 heterocycles. The van der Waals surface area contributed by atoms with Crippen molar-refractivity contribution in [1.82, 2.24) is 5.32 Å². The molecule has 2 nitrogen and oxygen atoms in total. The zero-order chi connectivity index (χ0) is 13.5. The number of hydrogen-bond donors (Lipinski definition) is 1. The van der Waals surface area contributed by atoms with E-state index < -0.39 is 0 Å². The molecule has 1 aliphatic rings. The predicted octanol–water partition coefficient (Wildman–Crippen LogP) is 4.34. The van der Waals surface area contributed by atoms with Gasteiger partial charge in [0.25, 0.3) is 0 Å². The highest BCUT2D eigenvalue weighted by atomic mass is 35.5. The van der Waals surface area contributed by atoms with E-state index in [0.717, 1.165) is 31.0 Å². The van der Waals surface area contributed by atoms with Gasteiger partial charge in [-0.05, 0) is 50.3 Å². The fourth-order valence-corrected chi connectivity index (χ4v) is 3.03. The fraction of sp³-hybridized carbons (Fsp3) is 0.625. The van der Waals surface area contributed by atoms with E-state index >= 15 is 0 Å². The average molecular weight is 282 g/mol. The first kappa shape index (κ1) is 14.8. The smallest absolute Gasteiger partial charge is 0.0575 e. The minimum absolute atomic E-state index is 0.337. The SMILES string of the molecule is CCNC(CCC1CCCCO1)c1ccccc1Cl. The second-order valence-electron chi connectivity index (χ2n) is 5.20. The van der Waals surface area contributed by atoms with Gasteiger partial charge in [-0.3, -0.25) is 0 Å². The van der Waals surface area contributed by atoms with E-state index in [4.69, 9.17) is 16.3 Å². The van der Waals surface area contributed by atoms with Crippen molar-refractivity contribution in [1.29, 1.82) is 0 Å². The van der Waals surface area contributed by atoms with Gasteiger partial charge in [0.15, 0.2) is 0 Å². The quantitative estimate of drug-likeness (QED) is 0.837. The van der Waals surface area contributed by atoms with Gasteiger partial charge in [-0.2, -0.15) is 0 Å². The summed E-state index contributed by atoms with van der Waals surface area (Å²) in [6.45, 7) is 4.03. The number of halogens is 1. The lowest BCUT2D eigenvalue weighted by atomic mass is 9.97. The van der Waals surface area contributed by atoms with Crippen molar-refractivity contribution in [2.75, 3.05) is 13.2 Å². The highest BCUT2D eigenvalue weighted by Crippen LogP contribution is 2.28. The number of benzene rings is 1. The lowest BCUT2D eigenvalue weighted by Crippen LogP contribution is -2.25. The van der Waals surface area contributed by atoms with Crippen molar-refractivity contribution in [2.24, 2.45) is 0 Å². The highest BCUT2D eigenvalue weighted by molar-refractivity contribution is 6.31. The van der Waals surface area contributed by atoms with Crippen LogP contribution in [0.1, 0.15) is 50.6 Å². The molecule has 0 saturated carbocycles. The zero-order valence-electron chi connectivity index (χ0n) is 11.7. The van der Waals surface area contributed by atoms with Crippen LogP contribution in [0.25, 0.3) is 0 Å². The molecule has 1 fully saturated rings. The largest absolute Gasteiger partial charge is 0.378 e. The van der Waals surface area contributed by atoms with Crippen molar-refractivity contribution in [3.63, 3.8) is 0 Å². The molecule has 1 aromatic rings. The maximum absolute atomic E-state index is 6.30. The van der Waals surface area contributed by atoms with E-state index in [1.165, 1.54) is 24.8 Å². The van der Waals surface area contributed by atoms with Crippen LogP contribution in [-0.2, 0) is 4.74 Å². The summed E-state index contributed by atoms with van der Waals surface area (Å²) in [5, 5.41) is 4.40. The minimum atomic E-state index is 0.337. The maximum Gasteiger partial charge on any atom is 0.0575 e. The Morgan fingerprint density at radius 1 is 1.37 bits per heavy atom. The van der Waals surface area contributed by atoms with Crippen LogP contribution in [0.4, 0.5) is 0 Å². The van der Waals surface area contributed by atoms with Crippen LogP contribution in [0.2, 0.25) is 5.02 Å². The molecule has 1 aliphatic heterocycles. The molecule has 0 radical (unpaired) electrons. The molecule has 0 aliphatic carbocycles. The van der Waals surface area contributed by atoms with Gasteiger partial charge in [-0.1, -0.05) is 36.7 Å². The van der Waals surface area contributed by atoms with Crippen molar-refractivity contribution in [2.45, 2.75) is 51.2 Å². The first-order valence-electron chi connectivity index (χ1n) is 7.40. The summed E-state index contributed by atoms with van der Waals surface area (Å²) >= 11 is 6.30. The molecule has 106 valence electrons. The van der Waals surface area contributed by atoms with Crippen LogP contribution in [0.15, 0.2) is 24.3 Å². The molecule has 1 aromatic carbocycles. The Kier molecular flexibility index (Phi) is 6.15. The number of hydrogen-bond acceptors (Lipinski definition) is 2. The minimum Gasteiger partial charge on any atom is -0.378 e. The monoisotopic (exact) mass is 281 g/mol. The Morgan fingerprint density at radius 3 is 2.89 bits per heavy atom. The van der Waals surface area contributed by atoms with E-state index in [2.05, 4.69) is 24.4 Å². The molecule has 0 spiro atoms. The molecule has 0 amide bonds. The van der Waals surface area contributed by atoms with Crippen molar-refractivity contribution < 1.29 is 4.74 Å². The first-order valence-corrected chi connectivity index (χ1v) is 7.78. The first-order chi connectivity index (χ1) is 9.31. The van der Waals surface area contributed by atoms with Crippen LogP contribution in [0.3, 0.4) is 0 Å². The molecule has 1 N–H and O–H groups in total.